The smallest absolute Gasteiger partial charge is 0.304 e. The first-order chi connectivity index (χ1) is 12.1. The quantitative estimate of drug-likeness (QED) is 0.753. The van der Waals surface area contributed by atoms with Gasteiger partial charge in [0.05, 0.1) is 6.42 Å². The summed E-state index contributed by atoms with van der Waals surface area (Å²) in [5, 5.41) is 12.8. The SMILES string of the molecule is O=C(O)CCNC1CCc2cc(/C=C/c3cccc(Cl)c3)ccc2C1. The minimum Gasteiger partial charge on any atom is -0.481 e. The normalized spacial score (nSPS) is 16.8. The highest BCUT2D eigenvalue weighted by Gasteiger charge is 2.18. The molecule has 3 rings (SSSR count). The van der Waals surface area contributed by atoms with Gasteiger partial charge in [-0.15, -0.1) is 0 Å². The predicted molar refractivity (Wildman–Crippen MR) is 103 cm³/mol. The standard InChI is InChI=1S/C21H22ClNO2/c22-19-3-1-2-15(13-19)4-5-16-6-7-18-14-20(9-8-17(18)12-16)23-11-10-21(24)25/h1-7,12-13,20,23H,8-11,14H2,(H,24,25)/b5-4+. The van der Waals surface area contributed by atoms with Crippen molar-refractivity contribution < 1.29 is 9.90 Å². The molecule has 0 aromatic heterocycles. The molecule has 4 heteroatoms. The van der Waals surface area contributed by atoms with E-state index in [1.165, 1.54) is 16.7 Å². The third kappa shape index (κ3) is 5.18. The monoisotopic (exact) mass is 355 g/mol. The van der Waals surface area contributed by atoms with Crippen LogP contribution >= 0.6 is 11.6 Å². The van der Waals surface area contributed by atoms with Gasteiger partial charge in [0.2, 0.25) is 0 Å². The Bertz CT molecular complexity index is 785. The summed E-state index contributed by atoms with van der Waals surface area (Å²) < 4.78 is 0. The second kappa shape index (κ2) is 8.32. The molecule has 1 atom stereocenters. The maximum absolute atomic E-state index is 10.6. The first kappa shape index (κ1) is 17.7. The lowest BCUT2D eigenvalue weighted by molar-refractivity contribution is -0.136. The third-order valence-corrected chi connectivity index (χ3v) is 4.78. The number of hydrogen-bond acceptors (Lipinski definition) is 2. The molecule has 0 heterocycles. The topological polar surface area (TPSA) is 49.3 Å². The van der Waals surface area contributed by atoms with Crippen LogP contribution in [0.15, 0.2) is 42.5 Å². The van der Waals surface area contributed by atoms with Crippen molar-refractivity contribution in [1.82, 2.24) is 5.32 Å². The van der Waals surface area contributed by atoms with Crippen molar-refractivity contribution in [1.29, 1.82) is 0 Å². The molecule has 1 unspecified atom stereocenters. The molecule has 1 aliphatic carbocycles. The molecule has 25 heavy (non-hydrogen) atoms. The van der Waals surface area contributed by atoms with Gasteiger partial charge in [-0.2, -0.15) is 0 Å². The summed E-state index contributed by atoms with van der Waals surface area (Å²) >= 11 is 6.02. The van der Waals surface area contributed by atoms with Crippen LogP contribution in [-0.4, -0.2) is 23.7 Å². The molecule has 130 valence electrons. The molecule has 3 nitrogen and oxygen atoms in total. The zero-order valence-corrected chi connectivity index (χ0v) is 14.8. The number of rotatable bonds is 6. The van der Waals surface area contributed by atoms with Crippen LogP contribution in [0, 0.1) is 0 Å². The van der Waals surface area contributed by atoms with Gasteiger partial charge in [-0.1, -0.05) is 54.1 Å². The summed E-state index contributed by atoms with van der Waals surface area (Å²) in [6, 6.07) is 14.8. The lowest BCUT2D eigenvalue weighted by Gasteiger charge is -2.25. The fraction of sp³-hybridized carbons (Fsp3) is 0.286. The van der Waals surface area contributed by atoms with Gasteiger partial charge >= 0.3 is 5.97 Å². The van der Waals surface area contributed by atoms with E-state index in [0.29, 0.717) is 12.6 Å². The van der Waals surface area contributed by atoms with Crippen molar-refractivity contribution in [2.75, 3.05) is 6.54 Å². The molecule has 0 saturated heterocycles. The molecule has 0 radical (unpaired) electrons. The van der Waals surface area contributed by atoms with E-state index in [1.54, 1.807) is 0 Å². The lowest BCUT2D eigenvalue weighted by Crippen LogP contribution is -2.35. The number of hydrogen-bond donors (Lipinski definition) is 2. The number of carboxylic acid groups (broad SMARTS) is 1. The van der Waals surface area contributed by atoms with Crippen molar-refractivity contribution in [3.8, 4) is 0 Å². The molecule has 2 N–H and O–H groups in total. The van der Waals surface area contributed by atoms with Gasteiger partial charge in [-0.05, 0) is 53.6 Å². The predicted octanol–water partition coefficient (Wildman–Crippen LogP) is 4.43. The molecule has 0 amide bonds. The Kier molecular flexibility index (Phi) is 5.90. The van der Waals surface area contributed by atoms with Crippen LogP contribution in [-0.2, 0) is 17.6 Å². The highest BCUT2D eigenvalue weighted by molar-refractivity contribution is 6.30. The number of nitrogens with one attached hydrogen (secondary N) is 1. The number of aryl methyl sites for hydroxylation is 1. The van der Waals surface area contributed by atoms with Gasteiger partial charge < -0.3 is 10.4 Å². The van der Waals surface area contributed by atoms with Crippen LogP contribution in [0.5, 0.6) is 0 Å². The fourth-order valence-corrected chi connectivity index (χ4v) is 3.44. The van der Waals surface area contributed by atoms with Crippen LogP contribution in [0.2, 0.25) is 5.02 Å². The second-order valence-corrected chi connectivity index (χ2v) is 6.89. The van der Waals surface area contributed by atoms with E-state index in [-0.39, 0.29) is 6.42 Å². The summed E-state index contributed by atoms with van der Waals surface area (Å²) in [5.41, 5.74) is 5.03. The summed E-state index contributed by atoms with van der Waals surface area (Å²) in [5.74, 6) is -0.750. The largest absolute Gasteiger partial charge is 0.481 e. The van der Waals surface area contributed by atoms with E-state index in [9.17, 15) is 4.79 Å². The number of carbonyl (C=O) groups is 1. The Labute approximate surface area is 153 Å². The Morgan fingerprint density at radius 2 is 1.96 bits per heavy atom. The highest BCUT2D eigenvalue weighted by Crippen LogP contribution is 2.24. The van der Waals surface area contributed by atoms with Crippen LogP contribution in [0.25, 0.3) is 12.2 Å². The summed E-state index contributed by atoms with van der Waals surface area (Å²) in [6.07, 6.45) is 7.41. The van der Waals surface area contributed by atoms with Crippen LogP contribution in [0.4, 0.5) is 0 Å². The van der Waals surface area contributed by atoms with Crippen LogP contribution in [0.1, 0.15) is 35.1 Å². The van der Waals surface area contributed by atoms with Gasteiger partial charge in [-0.3, -0.25) is 4.79 Å². The number of fused-ring (bicyclic) bond motifs is 1. The van der Waals surface area contributed by atoms with Gasteiger partial charge in [0.1, 0.15) is 0 Å². The van der Waals surface area contributed by atoms with E-state index < -0.39 is 5.97 Å². The number of halogens is 1. The zero-order chi connectivity index (χ0) is 17.6. The molecule has 1 aliphatic rings. The Morgan fingerprint density at radius 3 is 2.72 bits per heavy atom. The average molecular weight is 356 g/mol. The molecular formula is C21H22ClNO2. The number of carboxylic acids is 1. The fourth-order valence-electron chi connectivity index (χ4n) is 3.24. The van der Waals surface area contributed by atoms with Gasteiger partial charge in [0.25, 0.3) is 0 Å². The highest BCUT2D eigenvalue weighted by atomic mass is 35.5. The molecule has 0 bridgehead atoms. The second-order valence-electron chi connectivity index (χ2n) is 6.45. The zero-order valence-electron chi connectivity index (χ0n) is 14.0. The molecule has 0 fully saturated rings. The molecule has 0 aliphatic heterocycles. The van der Waals surface area contributed by atoms with E-state index in [0.717, 1.165) is 29.8 Å². The first-order valence-corrected chi connectivity index (χ1v) is 8.98. The first-order valence-electron chi connectivity index (χ1n) is 8.61. The Morgan fingerprint density at radius 1 is 1.16 bits per heavy atom. The maximum Gasteiger partial charge on any atom is 0.304 e. The van der Waals surface area contributed by atoms with Crippen molar-refractivity contribution in [3.05, 3.63) is 69.7 Å². The van der Waals surface area contributed by atoms with Crippen molar-refractivity contribution in [2.24, 2.45) is 0 Å². The van der Waals surface area contributed by atoms with E-state index in [2.05, 4.69) is 35.7 Å². The van der Waals surface area contributed by atoms with Crippen molar-refractivity contribution >= 4 is 29.7 Å². The summed E-state index contributed by atoms with van der Waals surface area (Å²) in [6.45, 7) is 0.537. The van der Waals surface area contributed by atoms with E-state index in [1.807, 2.05) is 24.3 Å². The van der Waals surface area contributed by atoms with Crippen LogP contribution < -0.4 is 5.32 Å². The Hall–Kier alpha value is -2.10. The molecule has 0 spiro atoms. The molecule has 2 aromatic carbocycles. The Balaban J connectivity index is 1.62. The third-order valence-electron chi connectivity index (χ3n) is 4.55. The minimum atomic E-state index is -0.750. The maximum atomic E-state index is 10.6. The van der Waals surface area contributed by atoms with Crippen molar-refractivity contribution in [2.45, 2.75) is 31.7 Å². The molecular weight excluding hydrogens is 334 g/mol. The van der Waals surface area contributed by atoms with Crippen LogP contribution in [0.3, 0.4) is 0 Å². The van der Waals surface area contributed by atoms with Gasteiger partial charge in [0, 0.05) is 17.6 Å². The number of aliphatic carboxylic acids is 1. The molecule has 0 saturated carbocycles. The van der Waals surface area contributed by atoms with Gasteiger partial charge in [0.15, 0.2) is 0 Å². The summed E-state index contributed by atoms with van der Waals surface area (Å²) in [7, 11) is 0. The number of benzene rings is 2. The van der Waals surface area contributed by atoms with E-state index in [4.69, 9.17) is 16.7 Å². The summed E-state index contributed by atoms with van der Waals surface area (Å²) in [4.78, 5) is 10.6. The van der Waals surface area contributed by atoms with Crippen molar-refractivity contribution in [3.63, 3.8) is 0 Å². The lowest BCUT2D eigenvalue weighted by atomic mass is 9.87. The average Bonchev–Trinajstić information content (AvgIpc) is 2.59. The minimum absolute atomic E-state index is 0.177. The van der Waals surface area contributed by atoms with Gasteiger partial charge in [-0.25, -0.2) is 0 Å². The molecule has 2 aromatic rings. The van der Waals surface area contributed by atoms with E-state index >= 15 is 0 Å².